The fourth-order valence-electron chi connectivity index (χ4n) is 4.76. The van der Waals surface area contributed by atoms with Crippen LogP contribution in [0, 0.1) is 18.3 Å². The van der Waals surface area contributed by atoms with Gasteiger partial charge in [0.1, 0.15) is 0 Å². The summed E-state index contributed by atoms with van der Waals surface area (Å²) >= 11 is 0. The molecular formula is C30H38F3N7O. The molecule has 1 saturated carbocycles. The van der Waals surface area contributed by atoms with Gasteiger partial charge in [-0.3, -0.25) is 15.2 Å². The van der Waals surface area contributed by atoms with Gasteiger partial charge in [-0.15, -0.1) is 0 Å². The molecule has 0 unspecified atom stereocenters. The summed E-state index contributed by atoms with van der Waals surface area (Å²) in [6.45, 7) is 6.73. The van der Waals surface area contributed by atoms with Gasteiger partial charge in [0, 0.05) is 49.3 Å². The van der Waals surface area contributed by atoms with E-state index in [-0.39, 0.29) is 17.9 Å². The first kappa shape index (κ1) is 30.2. The van der Waals surface area contributed by atoms with Gasteiger partial charge in [-0.05, 0) is 69.2 Å². The number of piperidine rings is 1. The maximum atomic E-state index is 13.8. The van der Waals surface area contributed by atoms with E-state index in [1.807, 2.05) is 18.7 Å². The lowest BCUT2D eigenvalue weighted by Gasteiger charge is -2.27. The summed E-state index contributed by atoms with van der Waals surface area (Å²) in [6, 6.07) is 3.37. The van der Waals surface area contributed by atoms with Crippen LogP contribution >= 0.6 is 0 Å². The average molecular weight is 570 g/mol. The maximum Gasteiger partial charge on any atom is 0.418 e. The predicted octanol–water partition coefficient (Wildman–Crippen LogP) is 6.74. The van der Waals surface area contributed by atoms with Gasteiger partial charge >= 0.3 is 6.18 Å². The quantitative estimate of drug-likeness (QED) is 0.158. The number of pyridine rings is 2. The summed E-state index contributed by atoms with van der Waals surface area (Å²) in [5, 5.41) is 12.5. The molecule has 3 heterocycles. The molecule has 220 valence electrons. The molecular weight excluding hydrogens is 531 g/mol. The topological polar surface area (TPSA) is 106 Å². The van der Waals surface area contributed by atoms with Crippen molar-refractivity contribution in [2.24, 2.45) is 11.0 Å². The molecule has 8 nitrogen and oxygen atoms in total. The van der Waals surface area contributed by atoms with Crippen LogP contribution in [0.3, 0.4) is 0 Å². The molecule has 1 aliphatic heterocycles. The van der Waals surface area contributed by atoms with E-state index >= 15 is 0 Å². The Hall–Kier alpha value is -3.76. The lowest BCUT2D eigenvalue weighted by molar-refractivity contribution is -0.131. The number of rotatable bonds is 11. The lowest BCUT2D eigenvalue weighted by Crippen LogP contribution is -2.39. The highest BCUT2D eigenvalue weighted by atomic mass is 19.4. The molecule has 2 aromatic rings. The number of alkyl halides is 3. The van der Waals surface area contributed by atoms with Gasteiger partial charge in [-0.25, -0.2) is 10.5 Å². The van der Waals surface area contributed by atoms with Crippen LogP contribution in [-0.4, -0.2) is 51.5 Å². The maximum absolute atomic E-state index is 13.8. The van der Waals surface area contributed by atoms with Gasteiger partial charge in [0.15, 0.2) is 0 Å². The van der Waals surface area contributed by atoms with Crippen LogP contribution in [0.4, 0.5) is 18.9 Å². The molecule has 0 bridgehead atoms. The summed E-state index contributed by atoms with van der Waals surface area (Å²) in [7, 11) is 0. The van der Waals surface area contributed by atoms with Gasteiger partial charge < -0.3 is 10.3 Å². The van der Waals surface area contributed by atoms with Crippen molar-refractivity contribution < 1.29 is 18.0 Å². The third-order valence-corrected chi connectivity index (χ3v) is 7.54. The molecule has 2 aliphatic rings. The van der Waals surface area contributed by atoms with Crippen LogP contribution in [-0.2, 0) is 4.79 Å². The van der Waals surface area contributed by atoms with E-state index in [2.05, 4.69) is 26.0 Å². The van der Waals surface area contributed by atoms with Gasteiger partial charge in [0.25, 0.3) is 0 Å². The molecule has 41 heavy (non-hydrogen) atoms. The Morgan fingerprint density at radius 2 is 1.98 bits per heavy atom. The largest absolute Gasteiger partial charge is 0.418 e. The minimum atomic E-state index is -4.64. The summed E-state index contributed by atoms with van der Waals surface area (Å²) in [5.74, 6) is 0.819. The number of aryl methyl sites for hydroxylation is 1. The van der Waals surface area contributed by atoms with Crippen LogP contribution in [0.2, 0.25) is 0 Å². The van der Waals surface area contributed by atoms with Crippen LogP contribution in [0.5, 0.6) is 0 Å². The van der Waals surface area contributed by atoms with Gasteiger partial charge in [0.2, 0.25) is 5.91 Å². The summed E-state index contributed by atoms with van der Waals surface area (Å²) in [6.07, 6.45) is 5.30. The summed E-state index contributed by atoms with van der Waals surface area (Å²) < 4.78 is 41.5. The van der Waals surface area contributed by atoms with Crippen LogP contribution in [0.25, 0.3) is 16.6 Å². The zero-order valence-corrected chi connectivity index (χ0v) is 23.9. The average Bonchev–Trinajstić information content (AvgIpc) is 3.77. The summed E-state index contributed by atoms with van der Waals surface area (Å²) in [5.41, 5.74) is 8.72. The number of halogens is 3. The molecule has 1 amide bonds. The molecule has 4 rings (SSSR count). The lowest BCUT2D eigenvalue weighted by atomic mass is 10.00. The number of likely N-dealkylation sites (tertiary alicyclic amines) is 1. The number of aromatic nitrogens is 2. The zero-order chi connectivity index (χ0) is 29.6. The number of allylic oxidation sites excluding steroid dienone is 4. The smallest absolute Gasteiger partial charge is 0.342 e. The second-order valence-electron chi connectivity index (χ2n) is 10.7. The van der Waals surface area contributed by atoms with E-state index in [9.17, 15) is 18.0 Å². The third kappa shape index (κ3) is 7.92. The molecule has 11 heteroatoms. The van der Waals surface area contributed by atoms with E-state index in [4.69, 9.17) is 5.41 Å². The number of unbranched alkanes of at least 4 members (excludes halogenated alkanes) is 1. The highest BCUT2D eigenvalue weighted by molar-refractivity contribution is 6.01. The highest BCUT2D eigenvalue weighted by Crippen LogP contribution is 2.33. The first-order valence-electron chi connectivity index (χ1n) is 14.2. The molecule has 0 atom stereocenters. The van der Waals surface area contributed by atoms with Crippen molar-refractivity contribution in [1.82, 2.24) is 20.4 Å². The van der Waals surface area contributed by atoms with Gasteiger partial charge in [0.05, 0.1) is 34.2 Å². The Labute approximate surface area is 238 Å². The SMILES string of the molecule is C/C=C(\C=C(/C(=N)CCCC)C(F)(F)F)c1ccc2ncc(NNN=C3CCN(C(=O)CC4CC4)CC3)c(C)c2n1. The Morgan fingerprint density at radius 3 is 2.61 bits per heavy atom. The van der Waals surface area contributed by atoms with Crippen molar-refractivity contribution in [3.63, 3.8) is 0 Å². The van der Waals surface area contributed by atoms with Crippen molar-refractivity contribution in [1.29, 1.82) is 5.41 Å². The predicted molar refractivity (Wildman–Crippen MR) is 157 cm³/mol. The van der Waals surface area contributed by atoms with Crippen molar-refractivity contribution in [3.8, 4) is 0 Å². The van der Waals surface area contributed by atoms with Crippen LogP contribution < -0.4 is 11.0 Å². The molecule has 3 N–H and O–H groups in total. The fourth-order valence-corrected chi connectivity index (χ4v) is 4.76. The number of amides is 1. The minimum Gasteiger partial charge on any atom is -0.342 e. The number of nitrogens with zero attached hydrogens (tertiary/aromatic N) is 4. The second-order valence-corrected chi connectivity index (χ2v) is 10.7. The standard InChI is InChI=1S/C30H38F3N7O/c1-4-6-7-24(34)23(30(31,32)33)17-21(5-2)25-10-11-26-29(36-25)19(3)27(18-35-26)38-39-37-22-12-14-40(15-13-22)28(41)16-20-8-9-20/h5,10-11,17-18,20,34,38-39H,4,6-9,12-16H2,1-3H3/b21-5+,23-17+,34-24?. The van der Waals surface area contributed by atoms with Crippen molar-refractivity contribution >= 4 is 39.6 Å². The monoisotopic (exact) mass is 569 g/mol. The third-order valence-electron chi connectivity index (χ3n) is 7.54. The summed E-state index contributed by atoms with van der Waals surface area (Å²) in [4.78, 5) is 23.4. The molecule has 2 fully saturated rings. The minimum absolute atomic E-state index is 0.0655. The number of anilines is 1. The van der Waals surface area contributed by atoms with E-state index in [0.717, 1.165) is 17.4 Å². The fraction of sp³-hybridized carbons (Fsp3) is 0.500. The van der Waals surface area contributed by atoms with E-state index < -0.39 is 17.5 Å². The molecule has 2 aromatic heterocycles. The Bertz CT molecular complexity index is 1370. The van der Waals surface area contributed by atoms with Gasteiger partial charge in [-0.2, -0.15) is 18.3 Å². The number of nitrogens with one attached hydrogen (secondary N) is 3. The van der Waals surface area contributed by atoms with Crippen molar-refractivity contribution in [2.45, 2.75) is 78.3 Å². The number of hydrazone groups is 1. The van der Waals surface area contributed by atoms with Crippen LogP contribution in [0.15, 0.2) is 41.2 Å². The first-order chi connectivity index (χ1) is 19.6. The van der Waals surface area contributed by atoms with Gasteiger partial charge in [-0.1, -0.05) is 19.4 Å². The molecule has 0 aromatic carbocycles. The highest BCUT2D eigenvalue weighted by Gasteiger charge is 2.36. The number of fused-ring (bicyclic) bond motifs is 1. The molecule has 1 aliphatic carbocycles. The Morgan fingerprint density at radius 1 is 1.24 bits per heavy atom. The zero-order valence-electron chi connectivity index (χ0n) is 23.9. The van der Waals surface area contributed by atoms with Crippen molar-refractivity contribution in [2.75, 3.05) is 18.5 Å². The number of carbonyl (C=O) groups excluding carboxylic acids is 1. The molecule has 0 radical (unpaired) electrons. The molecule has 0 spiro atoms. The number of hydrogen-bond donors (Lipinski definition) is 3. The first-order valence-corrected chi connectivity index (χ1v) is 14.2. The Kier molecular flexibility index (Phi) is 9.77. The van der Waals surface area contributed by atoms with E-state index in [0.29, 0.717) is 73.5 Å². The number of hydrazine groups is 1. The second kappa shape index (κ2) is 13.3. The van der Waals surface area contributed by atoms with Crippen molar-refractivity contribution in [3.05, 3.63) is 47.3 Å². The molecule has 1 saturated heterocycles. The van der Waals surface area contributed by atoms with Crippen LogP contribution in [0.1, 0.15) is 76.5 Å². The number of carbonyl (C=O) groups is 1. The Balaban J connectivity index is 1.46. The normalized spacial score (nSPS) is 16.6. The number of hydrogen-bond acceptors (Lipinski definition) is 7. The van der Waals surface area contributed by atoms with E-state index in [1.165, 1.54) is 12.8 Å². The van der Waals surface area contributed by atoms with E-state index in [1.54, 1.807) is 31.3 Å².